The summed E-state index contributed by atoms with van der Waals surface area (Å²) >= 11 is 0. The van der Waals surface area contributed by atoms with Gasteiger partial charge in [0.1, 0.15) is 12.2 Å². The minimum Gasteiger partial charge on any atom is -0.458 e. The highest BCUT2D eigenvalue weighted by Crippen LogP contribution is 2.63. The first-order chi connectivity index (χ1) is 12.0. The zero-order valence-corrected chi connectivity index (χ0v) is 16.6. The molecule has 0 aromatic heterocycles. The highest BCUT2D eigenvalue weighted by atomic mass is 16.5. The van der Waals surface area contributed by atoms with Crippen LogP contribution in [0.2, 0.25) is 0 Å². The molecule has 144 valence electrons. The molecule has 1 N–H and O–H groups in total. The molecule has 0 heterocycles. The maximum absolute atomic E-state index is 12.7. The first kappa shape index (κ1) is 19.3. The SMILES string of the molecule is C=CC1=C[C@@H](OC(C)=O)[C@@H]2[C@H](CC[C@@H]3C(C)(C)C(=O)[C@@H](O)C[C@@]23C)[C@@H]1C. The number of aliphatic hydroxyl groups is 1. The summed E-state index contributed by atoms with van der Waals surface area (Å²) in [6.07, 6.45) is 5.06. The molecule has 0 bridgehead atoms. The van der Waals surface area contributed by atoms with E-state index in [0.29, 0.717) is 18.3 Å². The molecular weight excluding hydrogens is 328 g/mol. The van der Waals surface area contributed by atoms with Gasteiger partial charge >= 0.3 is 5.97 Å². The fraction of sp³-hybridized carbons (Fsp3) is 0.727. The van der Waals surface area contributed by atoms with Crippen LogP contribution in [0.4, 0.5) is 0 Å². The summed E-state index contributed by atoms with van der Waals surface area (Å²) in [5, 5.41) is 10.6. The Morgan fingerprint density at radius 3 is 2.58 bits per heavy atom. The molecule has 0 amide bonds. The number of fused-ring (bicyclic) bond motifs is 3. The van der Waals surface area contributed by atoms with E-state index in [1.165, 1.54) is 6.92 Å². The van der Waals surface area contributed by atoms with Gasteiger partial charge < -0.3 is 9.84 Å². The van der Waals surface area contributed by atoms with E-state index in [-0.39, 0.29) is 35.1 Å². The second kappa shape index (κ2) is 6.33. The van der Waals surface area contributed by atoms with Crippen molar-refractivity contribution >= 4 is 11.8 Å². The summed E-state index contributed by atoms with van der Waals surface area (Å²) in [6.45, 7) is 13.7. The van der Waals surface area contributed by atoms with E-state index in [4.69, 9.17) is 4.74 Å². The Labute approximate surface area is 156 Å². The van der Waals surface area contributed by atoms with Crippen LogP contribution < -0.4 is 0 Å². The monoisotopic (exact) mass is 360 g/mol. The van der Waals surface area contributed by atoms with Crippen molar-refractivity contribution in [3.05, 3.63) is 24.3 Å². The van der Waals surface area contributed by atoms with Gasteiger partial charge in [0.15, 0.2) is 5.78 Å². The van der Waals surface area contributed by atoms with Gasteiger partial charge in [0, 0.05) is 18.3 Å². The molecular formula is C22H32O4. The van der Waals surface area contributed by atoms with E-state index < -0.39 is 11.5 Å². The van der Waals surface area contributed by atoms with Gasteiger partial charge in [-0.3, -0.25) is 9.59 Å². The standard InChI is InChI=1S/C22H32O4/c1-7-14-10-17(26-13(3)23)19-15(12(14)2)8-9-18-21(4,5)20(25)16(24)11-22(18,19)6/h7,10,12,15-19,24H,1,8-9,11H2,2-6H3/t12-,15-,16+,17-,18-,19+,22-/m1/s1. The number of allylic oxidation sites excluding steroid dienone is 2. The lowest BCUT2D eigenvalue weighted by Gasteiger charge is -2.62. The lowest BCUT2D eigenvalue weighted by Crippen LogP contribution is -2.62. The summed E-state index contributed by atoms with van der Waals surface area (Å²) in [6, 6.07) is 0. The Kier molecular flexibility index (Phi) is 4.71. The molecule has 0 aliphatic heterocycles. The van der Waals surface area contributed by atoms with Crippen LogP contribution >= 0.6 is 0 Å². The maximum Gasteiger partial charge on any atom is 0.303 e. The average Bonchev–Trinajstić information content (AvgIpc) is 2.54. The lowest BCUT2D eigenvalue weighted by molar-refractivity contribution is -0.186. The van der Waals surface area contributed by atoms with Crippen LogP contribution in [0.3, 0.4) is 0 Å². The smallest absolute Gasteiger partial charge is 0.303 e. The quantitative estimate of drug-likeness (QED) is 0.763. The molecule has 2 fully saturated rings. The third-order valence-electron chi connectivity index (χ3n) is 7.67. The van der Waals surface area contributed by atoms with Crippen LogP contribution in [0.25, 0.3) is 0 Å². The highest BCUT2D eigenvalue weighted by Gasteiger charge is 2.63. The van der Waals surface area contributed by atoms with Crippen LogP contribution in [-0.4, -0.2) is 29.1 Å². The van der Waals surface area contributed by atoms with Crippen LogP contribution in [-0.2, 0) is 14.3 Å². The number of Topliss-reactive ketones (excluding diaryl/α,β-unsaturated/α-hetero) is 1. The zero-order valence-electron chi connectivity index (χ0n) is 16.6. The van der Waals surface area contributed by atoms with Crippen molar-refractivity contribution in [3.63, 3.8) is 0 Å². The van der Waals surface area contributed by atoms with Gasteiger partial charge in [-0.2, -0.15) is 0 Å². The number of carbonyl (C=O) groups excluding carboxylic acids is 2. The molecule has 4 nitrogen and oxygen atoms in total. The molecule has 0 aromatic rings. The lowest BCUT2D eigenvalue weighted by atomic mass is 9.43. The van der Waals surface area contributed by atoms with E-state index >= 15 is 0 Å². The van der Waals surface area contributed by atoms with Crippen LogP contribution in [0, 0.1) is 34.5 Å². The van der Waals surface area contributed by atoms with E-state index in [0.717, 1.165) is 18.4 Å². The Hall–Kier alpha value is -1.42. The average molecular weight is 360 g/mol. The number of hydrogen-bond acceptors (Lipinski definition) is 4. The minimum atomic E-state index is -0.942. The Morgan fingerprint density at radius 1 is 1.35 bits per heavy atom. The first-order valence-corrected chi connectivity index (χ1v) is 9.77. The molecule has 0 spiro atoms. The summed E-state index contributed by atoms with van der Waals surface area (Å²) in [7, 11) is 0. The minimum absolute atomic E-state index is 0.0476. The van der Waals surface area contributed by atoms with E-state index in [2.05, 4.69) is 20.4 Å². The number of ether oxygens (including phenoxy) is 1. The van der Waals surface area contributed by atoms with Crippen molar-refractivity contribution in [3.8, 4) is 0 Å². The summed E-state index contributed by atoms with van der Waals surface area (Å²) in [4.78, 5) is 24.5. The number of hydrogen-bond donors (Lipinski definition) is 1. The van der Waals surface area contributed by atoms with Gasteiger partial charge in [0.2, 0.25) is 0 Å². The molecule has 0 unspecified atom stereocenters. The molecule has 3 aliphatic carbocycles. The van der Waals surface area contributed by atoms with Crippen molar-refractivity contribution in [1.29, 1.82) is 0 Å². The molecule has 0 radical (unpaired) electrons. The highest BCUT2D eigenvalue weighted by molar-refractivity contribution is 5.89. The van der Waals surface area contributed by atoms with E-state index in [1.54, 1.807) is 0 Å². The van der Waals surface area contributed by atoms with Gasteiger partial charge in [-0.05, 0) is 54.1 Å². The number of esters is 1. The first-order valence-electron chi connectivity index (χ1n) is 9.77. The zero-order chi connectivity index (χ0) is 19.4. The summed E-state index contributed by atoms with van der Waals surface area (Å²) in [5.41, 5.74) is 0.312. The van der Waals surface area contributed by atoms with Crippen LogP contribution in [0.15, 0.2) is 24.3 Å². The van der Waals surface area contributed by atoms with Crippen molar-refractivity contribution in [2.45, 2.75) is 66.1 Å². The third kappa shape index (κ3) is 2.69. The van der Waals surface area contributed by atoms with Gasteiger partial charge in [0.05, 0.1) is 0 Å². The fourth-order valence-corrected chi connectivity index (χ4v) is 6.59. The number of aliphatic hydroxyl groups excluding tert-OH is 1. The fourth-order valence-electron chi connectivity index (χ4n) is 6.59. The molecule has 4 heteroatoms. The second-order valence-electron chi connectivity index (χ2n) is 9.36. The van der Waals surface area contributed by atoms with Gasteiger partial charge in [-0.15, -0.1) is 0 Å². The van der Waals surface area contributed by atoms with Crippen LogP contribution in [0.5, 0.6) is 0 Å². The second-order valence-corrected chi connectivity index (χ2v) is 9.36. The Balaban J connectivity index is 2.10. The Bertz CT molecular complexity index is 661. The molecule has 2 saturated carbocycles. The van der Waals surface area contributed by atoms with Gasteiger partial charge in [-0.25, -0.2) is 0 Å². The number of carbonyl (C=O) groups is 2. The summed E-state index contributed by atoms with van der Waals surface area (Å²) in [5.74, 6) is 0.630. The van der Waals surface area contributed by atoms with Crippen molar-refractivity contribution in [2.75, 3.05) is 0 Å². The normalized spacial score (nSPS) is 44.4. The molecule has 7 atom stereocenters. The van der Waals surface area contributed by atoms with Crippen molar-refractivity contribution in [1.82, 2.24) is 0 Å². The number of rotatable bonds is 2. The molecule has 26 heavy (non-hydrogen) atoms. The van der Waals surface area contributed by atoms with Gasteiger partial charge in [-0.1, -0.05) is 40.3 Å². The maximum atomic E-state index is 12.7. The largest absolute Gasteiger partial charge is 0.458 e. The van der Waals surface area contributed by atoms with Gasteiger partial charge in [0.25, 0.3) is 0 Å². The molecule has 0 saturated heterocycles. The summed E-state index contributed by atoms with van der Waals surface area (Å²) < 4.78 is 5.76. The third-order valence-corrected chi connectivity index (χ3v) is 7.67. The predicted molar refractivity (Wildman–Crippen MR) is 100 cm³/mol. The molecule has 0 aromatic carbocycles. The van der Waals surface area contributed by atoms with E-state index in [9.17, 15) is 14.7 Å². The van der Waals surface area contributed by atoms with Crippen LogP contribution in [0.1, 0.15) is 53.9 Å². The topological polar surface area (TPSA) is 63.6 Å². The molecule has 3 aliphatic rings. The predicted octanol–water partition coefficient (Wildman–Crippen LogP) is 3.69. The number of ketones is 1. The molecule has 3 rings (SSSR count). The van der Waals surface area contributed by atoms with E-state index in [1.807, 2.05) is 26.0 Å². The van der Waals surface area contributed by atoms with Crippen molar-refractivity contribution < 1.29 is 19.4 Å². The van der Waals surface area contributed by atoms with Crippen molar-refractivity contribution in [2.24, 2.45) is 34.5 Å². The Morgan fingerprint density at radius 2 is 2.00 bits per heavy atom.